The molecule has 2 aromatic carbocycles. The molecule has 0 fully saturated rings. The zero-order chi connectivity index (χ0) is 15.4. The molecule has 112 valence electrons. The average molecular weight is 285 g/mol. The van der Waals surface area contributed by atoms with Crippen LogP contribution in [0.4, 0.5) is 22.7 Å². The highest BCUT2D eigenvalue weighted by Gasteiger charge is 2.10. The SMILES string of the molecule is CC(C)Oc1cccc(Nc2ccccc2N(C)C)c1N. The van der Waals surface area contributed by atoms with Crippen LogP contribution in [0.3, 0.4) is 0 Å². The summed E-state index contributed by atoms with van der Waals surface area (Å²) in [6, 6.07) is 13.9. The van der Waals surface area contributed by atoms with Crippen LogP contribution in [0.15, 0.2) is 42.5 Å². The van der Waals surface area contributed by atoms with Gasteiger partial charge in [0.15, 0.2) is 0 Å². The third-order valence-corrected chi connectivity index (χ3v) is 3.08. The van der Waals surface area contributed by atoms with Gasteiger partial charge < -0.3 is 20.7 Å². The Kier molecular flexibility index (Phi) is 4.58. The zero-order valence-electron chi connectivity index (χ0n) is 13.1. The Bertz CT molecular complexity index is 609. The van der Waals surface area contributed by atoms with Crippen molar-refractivity contribution in [1.29, 1.82) is 0 Å². The van der Waals surface area contributed by atoms with E-state index in [1.54, 1.807) is 0 Å². The van der Waals surface area contributed by atoms with Gasteiger partial charge in [0.2, 0.25) is 0 Å². The van der Waals surface area contributed by atoms with Crippen molar-refractivity contribution in [1.82, 2.24) is 0 Å². The smallest absolute Gasteiger partial charge is 0.144 e. The molecule has 0 amide bonds. The number of hydrogen-bond acceptors (Lipinski definition) is 4. The molecule has 0 aromatic heterocycles. The molecule has 0 unspecified atom stereocenters. The second kappa shape index (κ2) is 6.39. The molecule has 2 rings (SSSR count). The van der Waals surface area contributed by atoms with Gasteiger partial charge in [0.25, 0.3) is 0 Å². The van der Waals surface area contributed by atoms with Gasteiger partial charge in [-0.05, 0) is 38.1 Å². The summed E-state index contributed by atoms with van der Waals surface area (Å²) >= 11 is 0. The summed E-state index contributed by atoms with van der Waals surface area (Å²) in [5, 5.41) is 3.39. The summed E-state index contributed by atoms with van der Waals surface area (Å²) in [5.74, 6) is 0.706. The van der Waals surface area contributed by atoms with Crippen molar-refractivity contribution < 1.29 is 4.74 Å². The van der Waals surface area contributed by atoms with Crippen molar-refractivity contribution in [3.8, 4) is 5.75 Å². The highest BCUT2D eigenvalue weighted by Crippen LogP contribution is 2.34. The quantitative estimate of drug-likeness (QED) is 0.819. The number of nitrogen functional groups attached to an aromatic ring is 1. The molecule has 21 heavy (non-hydrogen) atoms. The molecular weight excluding hydrogens is 262 g/mol. The number of ether oxygens (including phenoxy) is 1. The third kappa shape index (κ3) is 3.60. The molecule has 0 aliphatic carbocycles. The summed E-state index contributed by atoms with van der Waals surface area (Å²) in [4.78, 5) is 2.06. The largest absolute Gasteiger partial charge is 0.489 e. The van der Waals surface area contributed by atoms with Crippen LogP contribution in [0.2, 0.25) is 0 Å². The van der Waals surface area contributed by atoms with Gasteiger partial charge in [0.1, 0.15) is 5.75 Å². The van der Waals surface area contributed by atoms with Crippen molar-refractivity contribution in [3.63, 3.8) is 0 Å². The lowest BCUT2D eigenvalue weighted by atomic mass is 10.2. The highest BCUT2D eigenvalue weighted by molar-refractivity contribution is 5.82. The van der Waals surface area contributed by atoms with E-state index >= 15 is 0 Å². The number of rotatable bonds is 5. The molecule has 0 spiro atoms. The van der Waals surface area contributed by atoms with E-state index in [9.17, 15) is 0 Å². The molecule has 2 aromatic rings. The van der Waals surface area contributed by atoms with Crippen molar-refractivity contribution in [2.45, 2.75) is 20.0 Å². The van der Waals surface area contributed by atoms with Crippen LogP contribution < -0.4 is 20.7 Å². The van der Waals surface area contributed by atoms with Crippen LogP contribution in [0.25, 0.3) is 0 Å². The maximum atomic E-state index is 6.20. The monoisotopic (exact) mass is 285 g/mol. The second-order valence-electron chi connectivity index (χ2n) is 5.42. The fourth-order valence-electron chi connectivity index (χ4n) is 2.12. The summed E-state index contributed by atoms with van der Waals surface area (Å²) in [6.45, 7) is 3.97. The van der Waals surface area contributed by atoms with Crippen molar-refractivity contribution in [2.75, 3.05) is 30.0 Å². The maximum Gasteiger partial charge on any atom is 0.144 e. The first-order chi connectivity index (χ1) is 9.99. The first-order valence-corrected chi connectivity index (χ1v) is 7.07. The number of anilines is 4. The number of para-hydroxylation sites is 3. The van der Waals surface area contributed by atoms with Gasteiger partial charge in [-0.25, -0.2) is 0 Å². The zero-order valence-corrected chi connectivity index (χ0v) is 13.1. The van der Waals surface area contributed by atoms with Gasteiger partial charge >= 0.3 is 0 Å². The van der Waals surface area contributed by atoms with Gasteiger partial charge in [0.05, 0.1) is 28.9 Å². The van der Waals surface area contributed by atoms with Crippen LogP contribution in [-0.4, -0.2) is 20.2 Å². The Morgan fingerprint density at radius 1 is 1.00 bits per heavy atom. The van der Waals surface area contributed by atoms with Gasteiger partial charge in [0, 0.05) is 14.1 Å². The Morgan fingerprint density at radius 2 is 1.67 bits per heavy atom. The number of hydrogen-bond donors (Lipinski definition) is 2. The van der Waals surface area contributed by atoms with E-state index in [-0.39, 0.29) is 6.10 Å². The van der Waals surface area contributed by atoms with Gasteiger partial charge in [-0.1, -0.05) is 18.2 Å². The number of benzene rings is 2. The van der Waals surface area contributed by atoms with Crippen LogP contribution >= 0.6 is 0 Å². The highest BCUT2D eigenvalue weighted by atomic mass is 16.5. The van der Waals surface area contributed by atoms with Crippen LogP contribution in [-0.2, 0) is 0 Å². The summed E-state index contributed by atoms with van der Waals surface area (Å²) < 4.78 is 5.73. The molecule has 0 heterocycles. The van der Waals surface area contributed by atoms with E-state index in [1.165, 1.54) is 0 Å². The first kappa shape index (κ1) is 15.0. The van der Waals surface area contributed by atoms with E-state index in [1.807, 2.05) is 64.3 Å². The summed E-state index contributed by atoms with van der Waals surface area (Å²) in [7, 11) is 4.03. The Balaban J connectivity index is 2.32. The Labute approximate surface area is 126 Å². The Morgan fingerprint density at radius 3 is 2.33 bits per heavy atom. The number of nitrogens with zero attached hydrogens (tertiary/aromatic N) is 1. The second-order valence-corrected chi connectivity index (χ2v) is 5.42. The molecule has 3 N–H and O–H groups in total. The third-order valence-electron chi connectivity index (χ3n) is 3.08. The van der Waals surface area contributed by atoms with Gasteiger partial charge in [-0.2, -0.15) is 0 Å². The van der Waals surface area contributed by atoms with Crippen LogP contribution in [0.1, 0.15) is 13.8 Å². The lowest BCUT2D eigenvalue weighted by Gasteiger charge is -2.20. The molecule has 0 atom stereocenters. The molecule has 0 aliphatic rings. The molecular formula is C17H23N3O. The van der Waals surface area contributed by atoms with Crippen molar-refractivity contribution >= 4 is 22.7 Å². The van der Waals surface area contributed by atoms with E-state index < -0.39 is 0 Å². The molecule has 0 saturated heterocycles. The lowest BCUT2D eigenvalue weighted by molar-refractivity contribution is 0.244. The van der Waals surface area contributed by atoms with Crippen LogP contribution in [0, 0.1) is 0 Å². The minimum atomic E-state index is 0.0941. The molecule has 0 bridgehead atoms. The average Bonchev–Trinajstić information content (AvgIpc) is 2.43. The molecule has 0 saturated carbocycles. The first-order valence-electron chi connectivity index (χ1n) is 7.07. The van der Waals surface area contributed by atoms with Crippen molar-refractivity contribution in [3.05, 3.63) is 42.5 Å². The predicted molar refractivity (Wildman–Crippen MR) is 90.7 cm³/mol. The fraction of sp³-hybridized carbons (Fsp3) is 0.294. The molecule has 4 nitrogen and oxygen atoms in total. The summed E-state index contributed by atoms with van der Waals surface area (Å²) in [6.07, 6.45) is 0.0941. The predicted octanol–water partition coefficient (Wildman–Crippen LogP) is 3.87. The number of nitrogens with one attached hydrogen (secondary N) is 1. The minimum absolute atomic E-state index is 0.0941. The van der Waals surface area contributed by atoms with E-state index in [0.29, 0.717) is 11.4 Å². The normalized spacial score (nSPS) is 10.5. The lowest BCUT2D eigenvalue weighted by Crippen LogP contribution is -2.11. The molecule has 4 heteroatoms. The Hall–Kier alpha value is -2.36. The standard InChI is InChI=1S/C17H23N3O/c1-12(2)21-16-11-7-9-14(17(16)18)19-13-8-5-6-10-15(13)20(3)4/h5-12,19H,18H2,1-4H3. The maximum absolute atomic E-state index is 6.20. The van der Waals surface area contributed by atoms with Gasteiger partial charge in [-0.3, -0.25) is 0 Å². The minimum Gasteiger partial charge on any atom is -0.489 e. The summed E-state index contributed by atoms with van der Waals surface area (Å²) in [5.41, 5.74) is 9.79. The van der Waals surface area contributed by atoms with Gasteiger partial charge in [-0.15, -0.1) is 0 Å². The molecule has 0 radical (unpaired) electrons. The number of nitrogens with two attached hydrogens (primary N) is 1. The van der Waals surface area contributed by atoms with E-state index in [4.69, 9.17) is 10.5 Å². The topological polar surface area (TPSA) is 50.5 Å². The fourth-order valence-corrected chi connectivity index (χ4v) is 2.12. The van der Waals surface area contributed by atoms with E-state index in [0.717, 1.165) is 17.1 Å². The van der Waals surface area contributed by atoms with Crippen molar-refractivity contribution in [2.24, 2.45) is 0 Å². The molecule has 0 aliphatic heterocycles. The van der Waals surface area contributed by atoms with E-state index in [2.05, 4.69) is 16.3 Å². The van der Waals surface area contributed by atoms with Crippen LogP contribution in [0.5, 0.6) is 5.75 Å².